The molecule has 0 fully saturated rings. The van der Waals surface area contributed by atoms with E-state index in [0.29, 0.717) is 11.6 Å². The predicted octanol–water partition coefficient (Wildman–Crippen LogP) is 3.62. The van der Waals surface area contributed by atoms with Gasteiger partial charge in [-0.15, -0.1) is 11.3 Å². The summed E-state index contributed by atoms with van der Waals surface area (Å²) in [5.41, 5.74) is 0.827. The number of nitrogens with zero attached hydrogens (tertiary/aromatic N) is 1. The first-order valence-corrected chi connectivity index (χ1v) is 6.54. The van der Waals surface area contributed by atoms with Crippen molar-refractivity contribution in [2.45, 2.75) is 19.8 Å². The summed E-state index contributed by atoms with van der Waals surface area (Å²) < 4.78 is 6.01. The molecule has 0 amide bonds. The highest BCUT2D eigenvalue weighted by atomic mass is 35.5. The van der Waals surface area contributed by atoms with Crippen molar-refractivity contribution >= 4 is 39.1 Å². The molecular weight excluding hydrogens is 258 g/mol. The molecule has 1 unspecified atom stereocenters. The molecule has 0 aliphatic heterocycles. The third-order valence-electron chi connectivity index (χ3n) is 2.38. The second kappa shape index (κ2) is 5.02. The summed E-state index contributed by atoms with van der Waals surface area (Å²) in [7, 11) is 0. The van der Waals surface area contributed by atoms with Gasteiger partial charge in [-0.05, 0) is 32.0 Å². The van der Waals surface area contributed by atoms with Crippen molar-refractivity contribution in [3.05, 3.63) is 28.2 Å². The van der Waals surface area contributed by atoms with Crippen LogP contribution in [0.5, 0.6) is 0 Å². The Hall–Kier alpha value is -1.13. The molecule has 0 N–H and O–H groups in total. The van der Waals surface area contributed by atoms with Gasteiger partial charge in [-0.25, -0.2) is 4.98 Å². The van der Waals surface area contributed by atoms with Crippen LogP contribution in [-0.2, 0) is 9.53 Å². The smallest absolute Gasteiger partial charge is 0.315 e. The molecule has 1 atom stereocenters. The fourth-order valence-electron chi connectivity index (χ4n) is 1.47. The van der Waals surface area contributed by atoms with Crippen molar-refractivity contribution in [3.63, 3.8) is 0 Å². The van der Waals surface area contributed by atoms with Crippen molar-refractivity contribution in [1.82, 2.24) is 4.98 Å². The van der Waals surface area contributed by atoms with Gasteiger partial charge in [0.2, 0.25) is 0 Å². The maximum atomic E-state index is 11.6. The summed E-state index contributed by atoms with van der Waals surface area (Å²) in [5.74, 6) is -0.566. The van der Waals surface area contributed by atoms with Crippen LogP contribution >= 0.6 is 22.9 Å². The second-order valence-electron chi connectivity index (χ2n) is 3.64. The lowest BCUT2D eigenvalue weighted by molar-refractivity contribution is -0.144. The van der Waals surface area contributed by atoms with Gasteiger partial charge in [0.15, 0.2) is 0 Å². The van der Waals surface area contributed by atoms with Crippen LogP contribution in [0.25, 0.3) is 10.2 Å². The van der Waals surface area contributed by atoms with Gasteiger partial charge in [-0.2, -0.15) is 0 Å². The Balaban J connectivity index is 2.33. The summed E-state index contributed by atoms with van der Waals surface area (Å²) >= 11 is 7.39. The third kappa shape index (κ3) is 2.58. The van der Waals surface area contributed by atoms with Gasteiger partial charge < -0.3 is 4.74 Å². The van der Waals surface area contributed by atoms with Crippen molar-refractivity contribution in [2.24, 2.45) is 0 Å². The number of carbonyl (C=O) groups excluding carboxylic acids is 1. The highest BCUT2D eigenvalue weighted by Crippen LogP contribution is 2.29. The number of rotatable bonds is 3. The Labute approximate surface area is 108 Å². The molecule has 0 bridgehead atoms. The minimum Gasteiger partial charge on any atom is -0.465 e. The molecule has 2 rings (SSSR count). The zero-order valence-electron chi connectivity index (χ0n) is 9.57. The van der Waals surface area contributed by atoms with Gasteiger partial charge in [0.05, 0.1) is 16.8 Å². The number of carbonyl (C=O) groups is 1. The van der Waals surface area contributed by atoms with Gasteiger partial charge in [-0.3, -0.25) is 4.79 Å². The Morgan fingerprint density at radius 3 is 3.06 bits per heavy atom. The number of esters is 1. The summed E-state index contributed by atoms with van der Waals surface area (Å²) in [4.78, 5) is 16.0. The van der Waals surface area contributed by atoms with Crippen LogP contribution in [0.1, 0.15) is 24.8 Å². The Kier molecular flexibility index (Phi) is 3.64. The van der Waals surface area contributed by atoms with Crippen molar-refractivity contribution in [2.75, 3.05) is 6.61 Å². The quantitative estimate of drug-likeness (QED) is 0.799. The van der Waals surface area contributed by atoms with E-state index in [1.54, 1.807) is 19.9 Å². The number of benzene rings is 1. The normalized spacial score (nSPS) is 12.6. The zero-order chi connectivity index (χ0) is 12.4. The van der Waals surface area contributed by atoms with Gasteiger partial charge in [0.25, 0.3) is 0 Å². The summed E-state index contributed by atoms with van der Waals surface area (Å²) in [6.45, 7) is 3.99. The molecule has 2 aromatic rings. The first-order chi connectivity index (χ1) is 8.11. The van der Waals surface area contributed by atoms with Crippen molar-refractivity contribution in [1.29, 1.82) is 0 Å². The minimum absolute atomic E-state index is 0.238. The van der Waals surface area contributed by atoms with Crippen LogP contribution in [-0.4, -0.2) is 17.6 Å². The maximum Gasteiger partial charge on any atom is 0.315 e. The fraction of sp³-hybridized carbons (Fsp3) is 0.333. The standard InChI is InChI=1S/C12H12ClNO2S/c1-3-16-12(15)7(2)11-14-9-6-8(13)4-5-10(9)17-11/h4-7H,3H2,1-2H3. The summed E-state index contributed by atoms with van der Waals surface area (Å²) in [5, 5.41) is 1.42. The van der Waals surface area contributed by atoms with Crippen LogP contribution in [0.2, 0.25) is 5.02 Å². The first-order valence-electron chi connectivity index (χ1n) is 5.34. The molecule has 0 aliphatic rings. The fourth-order valence-corrected chi connectivity index (χ4v) is 2.63. The molecule has 0 aliphatic carbocycles. The number of fused-ring (bicyclic) bond motifs is 1. The molecule has 1 aromatic heterocycles. The topological polar surface area (TPSA) is 39.2 Å². The molecule has 0 saturated carbocycles. The molecule has 0 radical (unpaired) electrons. The van der Waals surface area contributed by atoms with E-state index in [4.69, 9.17) is 16.3 Å². The van der Waals surface area contributed by atoms with Gasteiger partial charge in [0.1, 0.15) is 10.9 Å². The molecule has 5 heteroatoms. The molecule has 17 heavy (non-hydrogen) atoms. The van der Waals surface area contributed by atoms with E-state index in [1.807, 2.05) is 12.1 Å². The lowest BCUT2D eigenvalue weighted by Gasteiger charge is -2.06. The molecule has 3 nitrogen and oxygen atoms in total. The first kappa shape index (κ1) is 12.3. The zero-order valence-corrected chi connectivity index (χ0v) is 11.1. The molecule has 1 aromatic carbocycles. The molecular formula is C12H12ClNO2S. The summed E-state index contributed by atoms with van der Waals surface area (Å²) in [6.07, 6.45) is 0. The van der Waals surface area contributed by atoms with Crippen LogP contribution in [0.3, 0.4) is 0 Å². The summed E-state index contributed by atoms with van der Waals surface area (Å²) in [6, 6.07) is 5.53. The van der Waals surface area contributed by atoms with Crippen LogP contribution < -0.4 is 0 Å². The van der Waals surface area contributed by atoms with E-state index in [2.05, 4.69) is 4.98 Å². The van der Waals surface area contributed by atoms with E-state index in [0.717, 1.165) is 15.2 Å². The van der Waals surface area contributed by atoms with Crippen LogP contribution in [0, 0.1) is 0 Å². The Bertz CT molecular complexity index is 552. The molecule has 0 saturated heterocycles. The van der Waals surface area contributed by atoms with E-state index >= 15 is 0 Å². The number of hydrogen-bond donors (Lipinski definition) is 0. The van der Waals surface area contributed by atoms with E-state index in [9.17, 15) is 4.79 Å². The average Bonchev–Trinajstić information content (AvgIpc) is 2.71. The van der Waals surface area contributed by atoms with Gasteiger partial charge in [0, 0.05) is 5.02 Å². The van der Waals surface area contributed by atoms with Crippen molar-refractivity contribution < 1.29 is 9.53 Å². The van der Waals surface area contributed by atoms with Gasteiger partial charge >= 0.3 is 5.97 Å². The highest BCUT2D eigenvalue weighted by molar-refractivity contribution is 7.18. The lowest BCUT2D eigenvalue weighted by Crippen LogP contribution is -2.12. The molecule has 0 spiro atoms. The lowest BCUT2D eigenvalue weighted by atomic mass is 10.2. The number of ether oxygens (including phenoxy) is 1. The van der Waals surface area contributed by atoms with E-state index < -0.39 is 0 Å². The van der Waals surface area contributed by atoms with E-state index in [1.165, 1.54) is 11.3 Å². The minimum atomic E-state index is -0.328. The predicted molar refractivity (Wildman–Crippen MR) is 69.7 cm³/mol. The SMILES string of the molecule is CCOC(=O)C(C)c1nc2cc(Cl)ccc2s1. The van der Waals surface area contributed by atoms with Crippen molar-refractivity contribution in [3.8, 4) is 0 Å². The van der Waals surface area contributed by atoms with E-state index in [-0.39, 0.29) is 11.9 Å². The number of thiazole rings is 1. The number of hydrogen-bond acceptors (Lipinski definition) is 4. The number of halogens is 1. The monoisotopic (exact) mass is 269 g/mol. The Morgan fingerprint density at radius 2 is 2.35 bits per heavy atom. The Morgan fingerprint density at radius 1 is 1.59 bits per heavy atom. The largest absolute Gasteiger partial charge is 0.465 e. The average molecular weight is 270 g/mol. The highest BCUT2D eigenvalue weighted by Gasteiger charge is 2.20. The molecule has 1 heterocycles. The van der Waals surface area contributed by atoms with Crippen LogP contribution in [0.4, 0.5) is 0 Å². The second-order valence-corrected chi connectivity index (χ2v) is 5.14. The third-order valence-corrected chi connectivity index (χ3v) is 3.83. The maximum absolute atomic E-state index is 11.6. The number of aromatic nitrogens is 1. The van der Waals surface area contributed by atoms with Crippen LogP contribution in [0.15, 0.2) is 18.2 Å². The molecule has 90 valence electrons. The van der Waals surface area contributed by atoms with Gasteiger partial charge in [-0.1, -0.05) is 11.6 Å².